The highest BCUT2D eigenvalue weighted by atomic mass is 16.5. The van der Waals surface area contributed by atoms with E-state index in [0.29, 0.717) is 5.92 Å². The molecule has 1 atom stereocenters. The number of ether oxygens (including phenoxy) is 1. The molecule has 1 fully saturated rings. The molecule has 1 unspecified atom stereocenters. The van der Waals surface area contributed by atoms with Crippen LogP contribution in [0, 0.1) is 24.2 Å². The van der Waals surface area contributed by atoms with Crippen LogP contribution in [-0.4, -0.2) is 6.10 Å². The Balaban J connectivity index is 2.05. The summed E-state index contributed by atoms with van der Waals surface area (Å²) in [6.45, 7) is 2.02. The number of rotatable bonds is 3. The number of hydrogen-bond acceptors (Lipinski definition) is 2. The molecule has 0 aromatic heterocycles. The minimum Gasteiger partial charge on any atom is -0.475 e. The van der Waals surface area contributed by atoms with E-state index in [-0.39, 0.29) is 6.10 Å². The average Bonchev–Trinajstić information content (AvgIpc) is 2.97. The van der Waals surface area contributed by atoms with Gasteiger partial charge in [0, 0.05) is 5.92 Å². The summed E-state index contributed by atoms with van der Waals surface area (Å²) in [5.41, 5.74) is 1.16. The fraction of sp³-hybridized carbons (Fsp3) is 0.417. The lowest BCUT2D eigenvalue weighted by Gasteiger charge is -2.11. The first-order valence-electron chi connectivity index (χ1n) is 4.92. The molecule has 0 saturated heterocycles. The molecule has 0 radical (unpaired) electrons. The first kappa shape index (κ1) is 9.08. The van der Waals surface area contributed by atoms with Crippen molar-refractivity contribution >= 4 is 0 Å². The van der Waals surface area contributed by atoms with E-state index in [9.17, 15) is 0 Å². The molecule has 2 nitrogen and oxygen atoms in total. The van der Waals surface area contributed by atoms with Crippen LogP contribution in [0.15, 0.2) is 24.3 Å². The molecule has 0 amide bonds. The van der Waals surface area contributed by atoms with Gasteiger partial charge in [-0.25, -0.2) is 0 Å². The van der Waals surface area contributed by atoms with Crippen LogP contribution in [0.2, 0.25) is 0 Å². The Kier molecular flexibility index (Phi) is 2.41. The second-order valence-electron chi connectivity index (χ2n) is 3.82. The Morgan fingerprint density at radius 1 is 1.50 bits per heavy atom. The van der Waals surface area contributed by atoms with Crippen LogP contribution in [0.3, 0.4) is 0 Å². The standard InChI is InChI=1S/C12H13NO/c1-9-3-2-4-11(7-9)14-12(8-13)10-5-6-10/h2-4,7,10,12H,5-6H2,1H3. The summed E-state index contributed by atoms with van der Waals surface area (Å²) in [7, 11) is 0. The van der Waals surface area contributed by atoms with Crippen LogP contribution in [-0.2, 0) is 0 Å². The van der Waals surface area contributed by atoms with Gasteiger partial charge in [0.1, 0.15) is 11.8 Å². The van der Waals surface area contributed by atoms with E-state index in [0.717, 1.165) is 24.2 Å². The average molecular weight is 187 g/mol. The summed E-state index contributed by atoms with van der Waals surface area (Å²) in [6, 6.07) is 10.0. The minimum atomic E-state index is -0.253. The van der Waals surface area contributed by atoms with Gasteiger partial charge in [0.05, 0.1) is 0 Å². The van der Waals surface area contributed by atoms with Crippen LogP contribution < -0.4 is 4.74 Å². The van der Waals surface area contributed by atoms with E-state index in [1.54, 1.807) is 0 Å². The third kappa shape index (κ3) is 2.05. The number of nitrogens with zero attached hydrogens (tertiary/aromatic N) is 1. The van der Waals surface area contributed by atoms with Crippen molar-refractivity contribution in [3.8, 4) is 11.8 Å². The predicted molar refractivity (Wildman–Crippen MR) is 53.9 cm³/mol. The van der Waals surface area contributed by atoms with E-state index in [1.165, 1.54) is 0 Å². The van der Waals surface area contributed by atoms with Gasteiger partial charge in [-0.2, -0.15) is 5.26 Å². The summed E-state index contributed by atoms with van der Waals surface area (Å²) in [5.74, 6) is 1.27. The van der Waals surface area contributed by atoms with Crippen molar-refractivity contribution in [2.45, 2.75) is 25.9 Å². The molecular weight excluding hydrogens is 174 g/mol. The maximum Gasteiger partial charge on any atom is 0.187 e. The van der Waals surface area contributed by atoms with Crippen LogP contribution in [0.1, 0.15) is 18.4 Å². The first-order valence-corrected chi connectivity index (χ1v) is 4.92. The fourth-order valence-corrected chi connectivity index (χ4v) is 1.46. The Labute approximate surface area is 84.1 Å². The number of hydrogen-bond donors (Lipinski definition) is 0. The van der Waals surface area contributed by atoms with Crippen molar-refractivity contribution in [3.63, 3.8) is 0 Å². The summed E-state index contributed by atoms with van der Waals surface area (Å²) in [6.07, 6.45) is 2.01. The van der Waals surface area contributed by atoms with Crippen LogP contribution in [0.25, 0.3) is 0 Å². The molecule has 2 rings (SSSR count). The maximum atomic E-state index is 8.89. The number of nitriles is 1. The largest absolute Gasteiger partial charge is 0.475 e. The number of benzene rings is 1. The van der Waals surface area contributed by atoms with Crippen molar-refractivity contribution in [3.05, 3.63) is 29.8 Å². The van der Waals surface area contributed by atoms with E-state index in [1.807, 2.05) is 31.2 Å². The Hall–Kier alpha value is -1.49. The highest BCUT2D eigenvalue weighted by Gasteiger charge is 2.32. The molecule has 1 aliphatic rings. The van der Waals surface area contributed by atoms with E-state index >= 15 is 0 Å². The Morgan fingerprint density at radius 2 is 2.29 bits per heavy atom. The zero-order valence-electron chi connectivity index (χ0n) is 8.23. The maximum absolute atomic E-state index is 8.89. The Bertz CT molecular complexity index is 363. The van der Waals surface area contributed by atoms with Crippen molar-refractivity contribution in [1.29, 1.82) is 5.26 Å². The van der Waals surface area contributed by atoms with Gasteiger partial charge in [0.25, 0.3) is 0 Å². The zero-order chi connectivity index (χ0) is 9.97. The van der Waals surface area contributed by atoms with Crippen molar-refractivity contribution in [2.24, 2.45) is 5.92 Å². The lowest BCUT2D eigenvalue weighted by Crippen LogP contribution is -2.16. The third-order valence-corrected chi connectivity index (χ3v) is 2.43. The van der Waals surface area contributed by atoms with Crippen molar-refractivity contribution < 1.29 is 4.74 Å². The second-order valence-corrected chi connectivity index (χ2v) is 3.82. The molecule has 0 heterocycles. The quantitative estimate of drug-likeness (QED) is 0.728. The van der Waals surface area contributed by atoms with Gasteiger partial charge in [0.15, 0.2) is 6.10 Å². The highest BCUT2D eigenvalue weighted by Crippen LogP contribution is 2.34. The molecule has 1 aromatic rings. The highest BCUT2D eigenvalue weighted by molar-refractivity contribution is 5.28. The van der Waals surface area contributed by atoms with Gasteiger partial charge < -0.3 is 4.74 Å². The summed E-state index contributed by atoms with van der Waals surface area (Å²) in [4.78, 5) is 0. The predicted octanol–water partition coefficient (Wildman–Crippen LogP) is 2.68. The van der Waals surface area contributed by atoms with Gasteiger partial charge in [-0.3, -0.25) is 0 Å². The van der Waals surface area contributed by atoms with E-state index in [2.05, 4.69) is 6.07 Å². The van der Waals surface area contributed by atoms with Crippen molar-refractivity contribution in [1.82, 2.24) is 0 Å². The molecule has 0 spiro atoms. The molecule has 1 saturated carbocycles. The lowest BCUT2D eigenvalue weighted by molar-refractivity contribution is 0.233. The van der Waals surface area contributed by atoms with Gasteiger partial charge in [-0.1, -0.05) is 12.1 Å². The summed E-state index contributed by atoms with van der Waals surface area (Å²) in [5, 5.41) is 8.89. The molecule has 0 bridgehead atoms. The molecule has 72 valence electrons. The molecular formula is C12H13NO. The third-order valence-electron chi connectivity index (χ3n) is 2.43. The van der Waals surface area contributed by atoms with Crippen LogP contribution in [0.4, 0.5) is 0 Å². The topological polar surface area (TPSA) is 33.0 Å². The Morgan fingerprint density at radius 3 is 2.86 bits per heavy atom. The van der Waals surface area contributed by atoms with Crippen LogP contribution in [0.5, 0.6) is 5.75 Å². The van der Waals surface area contributed by atoms with Crippen LogP contribution >= 0.6 is 0 Å². The molecule has 0 aliphatic heterocycles. The summed E-state index contributed by atoms with van der Waals surface area (Å²) >= 11 is 0. The van der Waals surface area contributed by atoms with E-state index in [4.69, 9.17) is 10.00 Å². The molecule has 1 aromatic carbocycles. The molecule has 1 aliphatic carbocycles. The van der Waals surface area contributed by atoms with Gasteiger partial charge in [0.2, 0.25) is 0 Å². The smallest absolute Gasteiger partial charge is 0.187 e. The number of aryl methyl sites for hydroxylation is 1. The van der Waals surface area contributed by atoms with E-state index < -0.39 is 0 Å². The zero-order valence-corrected chi connectivity index (χ0v) is 8.23. The lowest BCUT2D eigenvalue weighted by atomic mass is 10.2. The normalized spacial score (nSPS) is 17.1. The summed E-state index contributed by atoms with van der Waals surface area (Å²) < 4.78 is 5.61. The monoisotopic (exact) mass is 187 g/mol. The molecule has 14 heavy (non-hydrogen) atoms. The van der Waals surface area contributed by atoms with Gasteiger partial charge in [-0.05, 0) is 37.5 Å². The van der Waals surface area contributed by atoms with Gasteiger partial charge >= 0.3 is 0 Å². The second kappa shape index (κ2) is 3.71. The fourth-order valence-electron chi connectivity index (χ4n) is 1.46. The first-order chi connectivity index (χ1) is 6.79. The van der Waals surface area contributed by atoms with Crippen molar-refractivity contribution in [2.75, 3.05) is 0 Å². The van der Waals surface area contributed by atoms with Gasteiger partial charge in [-0.15, -0.1) is 0 Å². The molecule has 2 heteroatoms. The molecule has 0 N–H and O–H groups in total. The SMILES string of the molecule is Cc1cccc(OC(C#N)C2CC2)c1. The minimum absolute atomic E-state index is 0.253.